The van der Waals surface area contributed by atoms with E-state index in [0.717, 1.165) is 18.9 Å². The van der Waals surface area contributed by atoms with Crippen LogP contribution in [0.1, 0.15) is 32.8 Å². The Kier molecular flexibility index (Phi) is 6.68. The Labute approximate surface area is 110 Å². The summed E-state index contributed by atoms with van der Waals surface area (Å²) in [5.41, 5.74) is 7.04. The van der Waals surface area contributed by atoms with Crippen molar-refractivity contribution in [2.24, 2.45) is 17.6 Å². The number of hydrogen-bond donors (Lipinski definition) is 1. The van der Waals surface area contributed by atoms with Crippen LogP contribution in [0.5, 0.6) is 0 Å². The molecule has 1 atom stereocenters. The van der Waals surface area contributed by atoms with E-state index in [2.05, 4.69) is 45.0 Å². The number of thioether (sulfide) groups is 1. The average molecular weight is 251 g/mol. The third-order valence-corrected chi connectivity index (χ3v) is 3.92. The fourth-order valence-electron chi connectivity index (χ4n) is 1.62. The zero-order chi connectivity index (χ0) is 12.7. The van der Waals surface area contributed by atoms with Gasteiger partial charge in [-0.1, -0.05) is 32.9 Å². The summed E-state index contributed by atoms with van der Waals surface area (Å²) in [5.74, 6) is 2.59. The Morgan fingerprint density at radius 3 is 2.29 bits per heavy atom. The van der Waals surface area contributed by atoms with Crippen molar-refractivity contribution < 1.29 is 0 Å². The van der Waals surface area contributed by atoms with Gasteiger partial charge in [0.25, 0.3) is 0 Å². The number of hydrogen-bond acceptors (Lipinski definition) is 2. The first kappa shape index (κ1) is 14.6. The monoisotopic (exact) mass is 251 g/mol. The fraction of sp³-hybridized carbons (Fsp3) is 0.600. The molecule has 0 aliphatic rings. The van der Waals surface area contributed by atoms with E-state index < -0.39 is 0 Å². The van der Waals surface area contributed by atoms with Crippen LogP contribution in [0.15, 0.2) is 29.2 Å². The maximum Gasteiger partial charge on any atom is 0.00721 e. The van der Waals surface area contributed by atoms with Crippen molar-refractivity contribution >= 4 is 11.8 Å². The summed E-state index contributed by atoms with van der Waals surface area (Å²) in [4.78, 5) is 1.38. The lowest BCUT2D eigenvalue weighted by atomic mass is 10.0. The molecule has 2 heteroatoms. The molecule has 0 aromatic heterocycles. The van der Waals surface area contributed by atoms with E-state index >= 15 is 0 Å². The SMILES string of the molecule is CC(C)CCSc1ccc(CC(C)CN)cc1. The maximum absolute atomic E-state index is 5.64. The molecular formula is C15H25NS. The average Bonchev–Trinajstić information content (AvgIpc) is 2.31. The van der Waals surface area contributed by atoms with Crippen molar-refractivity contribution in [1.29, 1.82) is 0 Å². The molecule has 1 nitrogen and oxygen atoms in total. The first-order valence-electron chi connectivity index (χ1n) is 6.53. The summed E-state index contributed by atoms with van der Waals surface area (Å²) in [5, 5.41) is 0. The molecule has 0 aliphatic carbocycles. The van der Waals surface area contributed by atoms with E-state index in [0.29, 0.717) is 5.92 Å². The number of rotatable bonds is 7. The normalized spacial score (nSPS) is 13.0. The second kappa shape index (κ2) is 7.78. The first-order chi connectivity index (χ1) is 8.11. The molecule has 1 aromatic rings. The Morgan fingerprint density at radius 2 is 1.76 bits per heavy atom. The third kappa shape index (κ3) is 6.13. The minimum atomic E-state index is 0.578. The molecule has 1 unspecified atom stereocenters. The van der Waals surface area contributed by atoms with Gasteiger partial charge in [0.1, 0.15) is 0 Å². The molecule has 0 radical (unpaired) electrons. The Hall–Kier alpha value is -0.470. The van der Waals surface area contributed by atoms with Gasteiger partial charge in [-0.25, -0.2) is 0 Å². The molecular weight excluding hydrogens is 226 g/mol. The van der Waals surface area contributed by atoms with Gasteiger partial charge in [-0.15, -0.1) is 11.8 Å². The highest BCUT2D eigenvalue weighted by Crippen LogP contribution is 2.21. The summed E-state index contributed by atoms with van der Waals surface area (Å²) >= 11 is 1.96. The van der Waals surface area contributed by atoms with Crippen molar-refractivity contribution in [3.63, 3.8) is 0 Å². The lowest BCUT2D eigenvalue weighted by Crippen LogP contribution is -2.12. The minimum Gasteiger partial charge on any atom is -0.330 e. The highest BCUT2D eigenvalue weighted by molar-refractivity contribution is 7.99. The Balaban J connectivity index is 2.39. The first-order valence-corrected chi connectivity index (χ1v) is 7.52. The molecule has 0 aliphatic heterocycles. The quantitative estimate of drug-likeness (QED) is 0.742. The Bertz CT molecular complexity index is 305. The lowest BCUT2D eigenvalue weighted by Gasteiger charge is -2.09. The predicted molar refractivity (Wildman–Crippen MR) is 78.5 cm³/mol. The standard InChI is InChI=1S/C15H25NS/c1-12(2)8-9-17-15-6-4-14(5-7-15)10-13(3)11-16/h4-7,12-13H,8-11,16H2,1-3H3. The van der Waals surface area contributed by atoms with Crippen molar-refractivity contribution in [2.75, 3.05) is 12.3 Å². The van der Waals surface area contributed by atoms with Crippen LogP contribution >= 0.6 is 11.8 Å². The van der Waals surface area contributed by atoms with Gasteiger partial charge in [-0.2, -0.15) is 0 Å². The molecule has 0 amide bonds. The van der Waals surface area contributed by atoms with E-state index in [9.17, 15) is 0 Å². The summed E-state index contributed by atoms with van der Waals surface area (Å²) in [6.45, 7) is 7.52. The topological polar surface area (TPSA) is 26.0 Å². The fourth-order valence-corrected chi connectivity index (χ4v) is 2.77. The van der Waals surface area contributed by atoms with Crippen molar-refractivity contribution in [2.45, 2.75) is 38.5 Å². The third-order valence-electron chi connectivity index (χ3n) is 2.87. The summed E-state index contributed by atoms with van der Waals surface area (Å²) in [7, 11) is 0. The zero-order valence-corrected chi connectivity index (χ0v) is 12.1. The van der Waals surface area contributed by atoms with E-state index in [1.165, 1.54) is 22.6 Å². The molecule has 0 fully saturated rings. The van der Waals surface area contributed by atoms with Crippen LogP contribution in [0.4, 0.5) is 0 Å². The van der Waals surface area contributed by atoms with E-state index in [4.69, 9.17) is 5.73 Å². The molecule has 0 saturated carbocycles. The highest BCUT2D eigenvalue weighted by Gasteiger charge is 2.02. The summed E-state index contributed by atoms with van der Waals surface area (Å²) < 4.78 is 0. The van der Waals surface area contributed by atoms with Gasteiger partial charge >= 0.3 is 0 Å². The molecule has 17 heavy (non-hydrogen) atoms. The maximum atomic E-state index is 5.64. The molecule has 1 rings (SSSR count). The van der Waals surface area contributed by atoms with E-state index in [-0.39, 0.29) is 0 Å². The smallest absolute Gasteiger partial charge is 0.00721 e. The van der Waals surface area contributed by atoms with E-state index in [1.807, 2.05) is 11.8 Å². The second-order valence-corrected chi connectivity index (χ2v) is 6.39. The van der Waals surface area contributed by atoms with Crippen molar-refractivity contribution in [1.82, 2.24) is 0 Å². The van der Waals surface area contributed by atoms with Gasteiger partial charge < -0.3 is 5.73 Å². The number of nitrogens with two attached hydrogens (primary N) is 1. The van der Waals surface area contributed by atoms with Crippen LogP contribution in [-0.2, 0) is 6.42 Å². The molecule has 1 aromatic carbocycles. The van der Waals surface area contributed by atoms with Gasteiger partial charge in [0.15, 0.2) is 0 Å². The zero-order valence-electron chi connectivity index (χ0n) is 11.3. The predicted octanol–water partition coefficient (Wildman–Crippen LogP) is 3.96. The van der Waals surface area contributed by atoms with Crippen LogP contribution in [0.25, 0.3) is 0 Å². The van der Waals surface area contributed by atoms with Crippen molar-refractivity contribution in [3.8, 4) is 0 Å². The lowest BCUT2D eigenvalue weighted by molar-refractivity contribution is 0.593. The molecule has 0 saturated heterocycles. The van der Waals surface area contributed by atoms with E-state index in [1.54, 1.807) is 0 Å². The minimum absolute atomic E-state index is 0.578. The van der Waals surface area contributed by atoms with Gasteiger partial charge in [-0.3, -0.25) is 0 Å². The van der Waals surface area contributed by atoms with Crippen LogP contribution in [0, 0.1) is 11.8 Å². The van der Waals surface area contributed by atoms with Gasteiger partial charge in [-0.05, 0) is 54.7 Å². The van der Waals surface area contributed by atoms with Gasteiger partial charge in [0.05, 0.1) is 0 Å². The summed E-state index contributed by atoms with van der Waals surface area (Å²) in [6.07, 6.45) is 2.38. The second-order valence-electron chi connectivity index (χ2n) is 5.22. The molecule has 0 spiro atoms. The molecule has 0 bridgehead atoms. The molecule has 0 heterocycles. The highest BCUT2D eigenvalue weighted by atomic mass is 32.2. The van der Waals surface area contributed by atoms with Gasteiger partial charge in [0, 0.05) is 4.90 Å². The van der Waals surface area contributed by atoms with Crippen LogP contribution in [0.3, 0.4) is 0 Å². The Morgan fingerprint density at radius 1 is 1.12 bits per heavy atom. The summed E-state index contributed by atoms with van der Waals surface area (Å²) in [6, 6.07) is 8.96. The van der Waals surface area contributed by atoms with Crippen LogP contribution in [-0.4, -0.2) is 12.3 Å². The molecule has 96 valence electrons. The molecule has 2 N–H and O–H groups in total. The van der Waals surface area contributed by atoms with Crippen molar-refractivity contribution in [3.05, 3.63) is 29.8 Å². The number of benzene rings is 1. The van der Waals surface area contributed by atoms with Crippen LogP contribution in [0.2, 0.25) is 0 Å². The largest absolute Gasteiger partial charge is 0.330 e. The van der Waals surface area contributed by atoms with Gasteiger partial charge in [0.2, 0.25) is 0 Å². The van der Waals surface area contributed by atoms with Crippen LogP contribution < -0.4 is 5.73 Å².